The largest absolute Gasteiger partial charge is 0.454 e. The predicted octanol–water partition coefficient (Wildman–Crippen LogP) is 3.40. The van der Waals surface area contributed by atoms with Crippen molar-refractivity contribution in [2.75, 3.05) is 5.73 Å². The maximum Gasteiger partial charge on any atom is 0.338 e. The molecule has 0 amide bonds. The number of carbonyl (C=O) groups excluding carboxylic acids is 1. The van der Waals surface area contributed by atoms with Crippen LogP contribution in [-0.4, -0.2) is 25.9 Å². The van der Waals surface area contributed by atoms with Gasteiger partial charge < -0.3 is 15.5 Å². The number of fused-ring (bicyclic) bond motifs is 2. The van der Waals surface area contributed by atoms with Crippen LogP contribution >= 0.6 is 0 Å². The van der Waals surface area contributed by atoms with Gasteiger partial charge in [-0.3, -0.25) is 4.79 Å². The van der Waals surface area contributed by atoms with Gasteiger partial charge in [0.1, 0.15) is 11.6 Å². The molecule has 8 nitrogen and oxygen atoms in total. The number of benzene rings is 3. The highest BCUT2D eigenvalue weighted by Gasteiger charge is 2.15. The molecular weight excluding hydrogens is 418 g/mol. The lowest BCUT2D eigenvalue weighted by Crippen LogP contribution is -2.14. The molecule has 0 radical (unpaired) electrons. The Morgan fingerprint density at radius 1 is 0.848 bits per heavy atom. The number of carbonyl (C=O) groups is 1. The number of esters is 1. The van der Waals surface area contributed by atoms with E-state index < -0.39 is 5.97 Å². The first kappa shape index (κ1) is 20.3. The Hall–Kier alpha value is -4.59. The summed E-state index contributed by atoms with van der Waals surface area (Å²) in [4.78, 5) is 41.2. The fourth-order valence-electron chi connectivity index (χ4n) is 3.70. The minimum atomic E-state index is -0.524. The maximum absolute atomic E-state index is 12.9. The number of para-hydroxylation sites is 2. The lowest BCUT2D eigenvalue weighted by Gasteiger charge is -2.10. The molecule has 3 N–H and O–H groups in total. The molecule has 0 unspecified atom stereocenters. The lowest BCUT2D eigenvalue weighted by molar-refractivity contribution is 0.0461. The van der Waals surface area contributed by atoms with Crippen LogP contribution in [0.3, 0.4) is 0 Å². The molecular formula is C25H19N5O3. The quantitative estimate of drug-likeness (QED) is 0.404. The fourth-order valence-corrected chi connectivity index (χ4v) is 3.70. The zero-order chi connectivity index (χ0) is 22.8. The van der Waals surface area contributed by atoms with Crippen LogP contribution in [-0.2, 0) is 17.8 Å². The molecule has 5 rings (SSSR count). The summed E-state index contributed by atoms with van der Waals surface area (Å²) in [6, 6.07) is 21.5. The van der Waals surface area contributed by atoms with E-state index in [0.29, 0.717) is 45.0 Å². The molecule has 0 atom stereocenters. The standard InChI is InChI=1S/C25H19N5O3/c26-23-17-9-3-5-11-19(17)28-22(29-23)14-33-25(32)16-8-2-1-7-15(16)13-21-27-20-12-6-4-10-18(20)24(31)30-21/h1-12H,13-14H2,(H2,26,28,29)(H,27,30,31). The second-order valence-corrected chi connectivity index (χ2v) is 7.48. The van der Waals surface area contributed by atoms with Gasteiger partial charge in [-0.05, 0) is 35.9 Å². The van der Waals surface area contributed by atoms with Gasteiger partial charge in [-0.2, -0.15) is 0 Å². The van der Waals surface area contributed by atoms with Crippen LogP contribution in [0.4, 0.5) is 5.82 Å². The van der Waals surface area contributed by atoms with Gasteiger partial charge in [0, 0.05) is 11.8 Å². The predicted molar refractivity (Wildman–Crippen MR) is 125 cm³/mol. The molecule has 2 heterocycles. The molecule has 0 bridgehead atoms. The first-order valence-electron chi connectivity index (χ1n) is 10.3. The molecule has 0 aliphatic carbocycles. The number of ether oxygens (including phenoxy) is 1. The second-order valence-electron chi connectivity index (χ2n) is 7.48. The van der Waals surface area contributed by atoms with Gasteiger partial charge in [-0.15, -0.1) is 0 Å². The number of H-pyrrole nitrogens is 1. The third-order valence-electron chi connectivity index (χ3n) is 5.27. The topological polar surface area (TPSA) is 124 Å². The Kier molecular flexibility index (Phi) is 5.24. The number of nitrogens with zero attached hydrogens (tertiary/aromatic N) is 3. The van der Waals surface area contributed by atoms with Crippen molar-refractivity contribution < 1.29 is 9.53 Å². The summed E-state index contributed by atoms with van der Waals surface area (Å²) in [7, 11) is 0. The van der Waals surface area contributed by atoms with E-state index >= 15 is 0 Å². The second kappa shape index (κ2) is 8.51. The van der Waals surface area contributed by atoms with Crippen molar-refractivity contribution in [2.45, 2.75) is 13.0 Å². The molecule has 8 heteroatoms. The van der Waals surface area contributed by atoms with Crippen LogP contribution in [0.25, 0.3) is 21.8 Å². The van der Waals surface area contributed by atoms with Crippen molar-refractivity contribution in [1.29, 1.82) is 0 Å². The van der Waals surface area contributed by atoms with Crippen molar-refractivity contribution in [3.8, 4) is 0 Å². The maximum atomic E-state index is 12.9. The van der Waals surface area contributed by atoms with E-state index in [-0.39, 0.29) is 18.6 Å². The van der Waals surface area contributed by atoms with Gasteiger partial charge >= 0.3 is 5.97 Å². The summed E-state index contributed by atoms with van der Waals surface area (Å²) in [5.41, 5.74) is 8.13. The van der Waals surface area contributed by atoms with Crippen LogP contribution in [0.2, 0.25) is 0 Å². The summed E-state index contributed by atoms with van der Waals surface area (Å²) in [6.07, 6.45) is 0.269. The minimum absolute atomic E-state index is 0.118. The Labute approximate surface area is 188 Å². The van der Waals surface area contributed by atoms with Crippen LogP contribution in [0.15, 0.2) is 77.6 Å². The first-order valence-corrected chi connectivity index (χ1v) is 10.3. The lowest BCUT2D eigenvalue weighted by atomic mass is 10.0. The van der Waals surface area contributed by atoms with Crippen LogP contribution in [0.5, 0.6) is 0 Å². The van der Waals surface area contributed by atoms with Crippen LogP contribution < -0.4 is 11.3 Å². The van der Waals surface area contributed by atoms with E-state index in [9.17, 15) is 9.59 Å². The first-order chi connectivity index (χ1) is 16.1. The molecule has 2 aromatic heterocycles. The molecule has 0 saturated carbocycles. The van der Waals surface area contributed by atoms with Crippen molar-refractivity contribution in [3.63, 3.8) is 0 Å². The molecule has 33 heavy (non-hydrogen) atoms. The normalized spacial score (nSPS) is 11.0. The minimum Gasteiger partial charge on any atom is -0.454 e. The van der Waals surface area contributed by atoms with Gasteiger partial charge in [0.05, 0.1) is 22.0 Å². The van der Waals surface area contributed by atoms with E-state index in [1.54, 1.807) is 36.4 Å². The summed E-state index contributed by atoms with van der Waals surface area (Å²) >= 11 is 0. The van der Waals surface area contributed by atoms with E-state index in [1.165, 1.54) is 0 Å². The fraction of sp³-hybridized carbons (Fsp3) is 0.0800. The van der Waals surface area contributed by atoms with Crippen molar-refractivity contribution in [1.82, 2.24) is 19.9 Å². The van der Waals surface area contributed by atoms with E-state index in [1.807, 2.05) is 36.4 Å². The molecule has 0 aliphatic heterocycles. The van der Waals surface area contributed by atoms with Crippen molar-refractivity contribution in [3.05, 3.63) is 106 Å². The molecule has 0 aliphatic rings. The highest BCUT2D eigenvalue weighted by molar-refractivity contribution is 5.91. The van der Waals surface area contributed by atoms with Crippen LogP contribution in [0.1, 0.15) is 27.6 Å². The van der Waals surface area contributed by atoms with E-state index in [4.69, 9.17) is 10.5 Å². The third kappa shape index (κ3) is 4.14. The monoisotopic (exact) mass is 437 g/mol. The summed E-state index contributed by atoms with van der Waals surface area (Å²) < 4.78 is 5.48. The van der Waals surface area contributed by atoms with Gasteiger partial charge in [-0.1, -0.05) is 42.5 Å². The number of hydrogen-bond acceptors (Lipinski definition) is 7. The number of nitrogens with one attached hydrogen (secondary N) is 1. The highest BCUT2D eigenvalue weighted by atomic mass is 16.5. The zero-order valence-electron chi connectivity index (χ0n) is 17.5. The third-order valence-corrected chi connectivity index (χ3v) is 5.27. The SMILES string of the molecule is Nc1nc(COC(=O)c2ccccc2Cc2nc3ccccc3c(=O)[nH]2)nc2ccccc12. The van der Waals surface area contributed by atoms with Gasteiger partial charge in [-0.25, -0.2) is 19.7 Å². The number of rotatable bonds is 5. The molecule has 162 valence electrons. The number of aromatic amines is 1. The molecule has 0 fully saturated rings. The zero-order valence-corrected chi connectivity index (χ0v) is 17.5. The molecule has 0 saturated heterocycles. The summed E-state index contributed by atoms with van der Waals surface area (Å²) in [6.45, 7) is -0.118. The highest BCUT2D eigenvalue weighted by Crippen LogP contribution is 2.19. The van der Waals surface area contributed by atoms with Gasteiger partial charge in [0.25, 0.3) is 5.56 Å². The Bertz CT molecular complexity index is 1560. The molecule has 3 aromatic carbocycles. The number of hydrogen-bond donors (Lipinski definition) is 2. The average Bonchev–Trinajstić information content (AvgIpc) is 2.83. The number of aromatic nitrogens is 4. The molecule has 5 aromatic rings. The number of nitrogens with two attached hydrogens (primary N) is 1. The number of anilines is 1. The Morgan fingerprint density at radius 2 is 1.52 bits per heavy atom. The van der Waals surface area contributed by atoms with Crippen LogP contribution in [0, 0.1) is 0 Å². The number of nitrogen functional groups attached to an aromatic ring is 1. The van der Waals surface area contributed by atoms with E-state index in [2.05, 4.69) is 19.9 Å². The Morgan fingerprint density at radius 3 is 2.33 bits per heavy atom. The smallest absolute Gasteiger partial charge is 0.338 e. The summed E-state index contributed by atoms with van der Waals surface area (Å²) in [5.74, 6) is 0.588. The average molecular weight is 437 g/mol. The van der Waals surface area contributed by atoms with Crippen molar-refractivity contribution >= 4 is 33.6 Å². The van der Waals surface area contributed by atoms with Gasteiger partial charge in [0.2, 0.25) is 0 Å². The van der Waals surface area contributed by atoms with Gasteiger partial charge in [0.15, 0.2) is 12.4 Å². The molecule has 0 spiro atoms. The van der Waals surface area contributed by atoms with Crippen molar-refractivity contribution in [2.24, 2.45) is 0 Å². The Balaban J connectivity index is 1.38. The van der Waals surface area contributed by atoms with E-state index in [0.717, 1.165) is 5.39 Å². The summed E-state index contributed by atoms with van der Waals surface area (Å²) in [5, 5.41) is 1.26.